The van der Waals surface area contributed by atoms with Gasteiger partial charge in [-0.1, -0.05) is 41.9 Å². The van der Waals surface area contributed by atoms with E-state index in [1.165, 1.54) is 17.0 Å². The van der Waals surface area contributed by atoms with E-state index in [1.807, 2.05) is 44.2 Å². The number of nitrogens with zero attached hydrogens (tertiary/aromatic N) is 1. The second kappa shape index (κ2) is 5.48. The van der Waals surface area contributed by atoms with Crippen molar-refractivity contribution in [1.29, 1.82) is 0 Å². The number of hydrogen-bond donors (Lipinski definition) is 1. The molecule has 1 heterocycles. The van der Waals surface area contributed by atoms with Gasteiger partial charge in [-0.25, -0.2) is 0 Å². The number of hydrogen-bond acceptors (Lipinski definition) is 3. The standard InChI is InChI=1S/C18H16ClNO3/c1-18(2,12-6-4-3-5-7-12)20-16(22)14-11(10-21)8-9-13(19)15(14)17(20)23/h3-10,17,23H,1-2H3. The van der Waals surface area contributed by atoms with Gasteiger partial charge < -0.3 is 5.11 Å². The summed E-state index contributed by atoms with van der Waals surface area (Å²) in [7, 11) is 0. The summed E-state index contributed by atoms with van der Waals surface area (Å²) in [6.07, 6.45) is -0.584. The first-order valence-electron chi connectivity index (χ1n) is 7.24. The molecule has 0 saturated heterocycles. The van der Waals surface area contributed by atoms with E-state index < -0.39 is 17.7 Å². The summed E-state index contributed by atoms with van der Waals surface area (Å²) < 4.78 is 0. The fraction of sp³-hybridized carbons (Fsp3) is 0.222. The second-order valence-electron chi connectivity index (χ2n) is 6.02. The largest absolute Gasteiger partial charge is 0.369 e. The lowest BCUT2D eigenvalue weighted by molar-refractivity contribution is -0.0304. The molecule has 0 bridgehead atoms. The first kappa shape index (κ1) is 15.7. The first-order valence-corrected chi connectivity index (χ1v) is 7.62. The van der Waals surface area contributed by atoms with Crippen LogP contribution in [-0.2, 0) is 5.54 Å². The summed E-state index contributed by atoms with van der Waals surface area (Å²) in [4.78, 5) is 25.5. The van der Waals surface area contributed by atoms with Gasteiger partial charge in [0.05, 0.1) is 11.1 Å². The lowest BCUT2D eigenvalue weighted by Gasteiger charge is -2.38. The zero-order valence-electron chi connectivity index (χ0n) is 12.8. The van der Waals surface area contributed by atoms with Gasteiger partial charge in [0.2, 0.25) is 0 Å². The molecule has 1 atom stereocenters. The number of benzene rings is 2. The van der Waals surface area contributed by atoms with Crippen LogP contribution in [0.25, 0.3) is 0 Å². The van der Waals surface area contributed by atoms with Crippen molar-refractivity contribution in [3.63, 3.8) is 0 Å². The van der Waals surface area contributed by atoms with Crippen LogP contribution in [0.2, 0.25) is 5.02 Å². The maximum absolute atomic E-state index is 12.9. The highest BCUT2D eigenvalue weighted by molar-refractivity contribution is 6.32. The maximum atomic E-state index is 12.9. The summed E-state index contributed by atoms with van der Waals surface area (Å²) in [6, 6.07) is 12.5. The molecule has 0 saturated carbocycles. The molecule has 0 aromatic heterocycles. The van der Waals surface area contributed by atoms with E-state index >= 15 is 0 Å². The van der Waals surface area contributed by atoms with Crippen LogP contribution in [0.3, 0.4) is 0 Å². The van der Waals surface area contributed by atoms with Crippen LogP contribution in [0.5, 0.6) is 0 Å². The van der Waals surface area contributed by atoms with Crippen LogP contribution in [0.4, 0.5) is 0 Å². The Labute approximate surface area is 139 Å². The second-order valence-corrected chi connectivity index (χ2v) is 6.42. The van der Waals surface area contributed by atoms with Gasteiger partial charge in [-0.3, -0.25) is 14.5 Å². The average Bonchev–Trinajstić information content (AvgIpc) is 2.81. The van der Waals surface area contributed by atoms with Gasteiger partial charge in [0.25, 0.3) is 5.91 Å². The predicted octanol–water partition coefficient (Wildman–Crippen LogP) is 3.53. The molecule has 2 aromatic rings. The molecule has 0 radical (unpaired) electrons. The molecular formula is C18H16ClNO3. The fourth-order valence-electron chi connectivity index (χ4n) is 3.11. The summed E-state index contributed by atoms with van der Waals surface area (Å²) in [5.41, 5.74) is 0.832. The Morgan fingerprint density at radius 3 is 2.43 bits per heavy atom. The Kier molecular flexibility index (Phi) is 3.74. The van der Waals surface area contributed by atoms with Gasteiger partial charge in [0.1, 0.15) is 0 Å². The minimum Gasteiger partial charge on any atom is -0.369 e. The van der Waals surface area contributed by atoms with Crippen LogP contribution in [-0.4, -0.2) is 22.2 Å². The van der Waals surface area contributed by atoms with E-state index in [0.29, 0.717) is 11.8 Å². The highest BCUT2D eigenvalue weighted by Gasteiger charge is 2.46. The fourth-order valence-corrected chi connectivity index (χ4v) is 3.36. The summed E-state index contributed by atoms with van der Waals surface area (Å²) >= 11 is 6.17. The maximum Gasteiger partial charge on any atom is 0.258 e. The van der Waals surface area contributed by atoms with Crippen LogP contribution in [0, 0.1) is 0 Å². The topological polar surface area (TPSA) is 57.6 Å². The molecule has 0 spiro atoms. The highest BCUT2D eigenvalue weighted by atomic mass is 35.5. The van der Waals surface area contributed by atoms with Crippen LogP contribution in [0.15, 0.2) is 42.5 Å². The molecule has 1 aliphatic rings. The van der Waals surface area contributed by atoms with Gasteiger partial charge in [-0.2, -0.15) is 0 Å². The number of amides is 1. The zero-order chi connectivity index (χ0) is 16.8. The first-order chi connectivity index (χ1) is 10.9. The Hall–Kier alpha value is -2.17. The molecule has 2 aromatic carbocycles. The molecule has 3 rings (SSSR count). The number of carbonyl (C=O) groups excluding carboxylic acids is 2. The average molecular weight is 330 g/mol. The van der Waals surface area contributed by atoms with Crippen molar-refractivity contribution in [2.24, 2.45) is 0 Å². The summed E-state index contributed by atoms with van der Waals surface area (Å²) in [5.74, 6) is -0.397. The molecule has 5 heteroatoms. The monoisotopic (exact) mass is 329 g/mol. The van der Waals surface area contributed by atoms with E-state index in [-0.39, 0.29) is 16.1 Å². The minimum absolute atomic E-state index is 0.184. The number of aliphatic hydroxyl groups is 1. The molecule has 0 aliphatic carbocycles. The van der Waals surface area contributed by atoms with Crippen molar-refractivity contribution in [3.8, 4) is 0 Å². The van der Waals surface area contributed by atoms with Gasteiger partial charge in [0.15, 0.2) is 12.5 Å². The number of halogens is 1. The van der Waals surface area contributed by atoms with Gasteiger partial charge >= 0.3 is 0 Å². The summed E-state index contributed by atoms with van der Waals surface area (Å²) in [6.45, 7) is 3.70. The summed E-state index contributed by atoms with van der Waals surface area (Å²) in [5, 5.41) is 11.0. The van der Waals surface area contributed by atoms with Crippen LogP contribution < -0.4 is 0 Å². The number of fused-ring (bicyclic) bond motifs is 1. The van der Waals surface area contributed by atoms with E-state index in [9.17, 15) is 14.7 Å². The Bertz CT molecular complexity index is 786. The molecule has 1 aliphatic heterocycles. The highest BCUT2D eigenvalue weighted by Crippen LogP contribution is 2.44. The lowest BCUT2D eigenvalue weighted by atomic mass is 9.92. The van der Waals surface area contributed by atoms with Crippen molar-refractivity contribution >= 4 is 23.8 Å². The molecular weight excluding hydrogens is 314 g/mol. The number of carbonyl (C=O) groups is 2. The third-order valence-corrected chi connectivity index (χ3v) is 4.70. The molecule has 1 N–H and O–H groups in total. The normalized spacial score (nSPS) is 17.3. The molecule has 4 nitrogen and oxygen atoms in total. The van der Waals surface area contributed by atoms with Crippen molar-refractivity contribution in [2.45, 2.75) is 25.6 Å². The van der Waals surface area contributed by atoms with E-state index in [0.717, 1.165) is 5.56 Å². The smallest absolute Gasteiger partial charge is 0.258 e. The van der Waals surface area contributed by atoms with E-state index in [1.54, 1.807) is 0 Å². The third-order valence-electron chi connectivity index (χ3n) is 4.37. The Balaban J connectivity index is 2.16. The van der Waals surface area contributed by atoms with Gasteiger partial charge in [-0.05, 0) is 31.5 Å². The Morgan fingerprint density at radius 1 is 1.17 bits per heavy atom. The quantitative estimate of drug-likeness (QED) is 0.876. The number of aliphatic hydroxyl groups excluding tert-OH is 1. The van der Waals surface area contributed by atoms with Crippen LogP contribution in [0.1, 0.15) is 51.9 Å². The predicted molar refractivity (Wildman–Crippen MR) is 87.4 cm³/mol. The molecule has 23 heavy (non-hydrogen) atoms. The van der Waals surface area contributed by atoms with Crippen molar-refractivity contribution in [1.82, 2.24) is 4.90 Å². The number of rotatable bonds is 3. The van der Waals surface area contributed by atoms with Crippen LogP contribution >= 0.6 is 11.6 Å². The van der Waals surface area contributed by atoms with Gasteiger partial charge in [-0.15, -0.1) is 0 Å². The zero-order valence-corrected chi connectivity index (χ0v) is 13.5. The van der Waals surface area contributed by atoms with Gasteiger partial charge in [0, 0.05) is 16.1 Å². The van der Waals surface area contributed by atoms with E-state index in [2.05, 4.69) is 0 Å². The molecule has 0 fully saturated rings. The van der Waals surface area contributed by atoms with Crippen molar-refractivity contribution in [2.75, 3.05) is 0 Å². The van der Waals surface area contributed by atoms with Crippen molar-refractivity contribution < 1.29 is 14.7 Å². The van der Waals surface area contributed by atoms with Crippen molar-refractivity contribution in [3.05, 3.63) is 69.7 Å². The SMILES string of the molecule is CC(C)(c1ccccc1)N1C(=O)c2c(C=O)ccc(Cl)c2C1O. The third kappa shape index (κ3) is 2.26. The number of aldehydes is 1. The molecule has 1 unspecified atom stereocenters. The minimum atomic E-state index is -1.19. The Morgan fingerprint density at radius 2 is 1.83 bits per heavy atom. The lowest BCUT2D eigenvalue weighted by Crippen LogP contribution is -2.44. The van der Waals surface area contributed by atoms with E-state index in [4.69, 9.17) is 11.6 Å². The molecule has 118 valence electrons. The molecule has 1 amide bonds.